The van der Waals surface area contributed by atoms with Gasteiger partial charge in [0.1, 0.15) is 11.2 Å². The Labute approximate surface area is 309 Å². The van der Waals surface area contributed by atoms with E-state index in [2.05, 4.69) is 59.2 Å². The van der Waals surface area contributed by atoms with Gasteiger partial charge in [-0.1, -0.05) is 109 Å². The number of hydrogen-bond acceptors (Lipinski definition) is 6. The average Bonchev–Trinajstić information content (AvgIpc) is 3.79. The first-order chi connectivity index (χ1) is 26.7. The lowest BCUT2D eigenvalue weighted by molar-refractivity contribution is 0.669. The van der Waals surface area contributed by atoms with Crippen molar-refractivity contribution in [2.24, 2.45) is 0 Å². The van der Waals surface area contributed by atoms with Crippen LogP contribution in [-0.2, 0) is 0 Å². The minimum Gasteiger partial charge on any atom is -0.456 e. The second kappa shape index (κ2) is 12.4. The van der Waals surface area contributed by atoms with E-state index in [0.717, 1.165) is 77.2 Å². The van der Waals surface area contributed by atoms with E-state index >= 15 is 0 Å². The van der Waals surface area contributed by atoms with E-state index in [0.29, 0.717) is 28.6 Å². The summed E-state index contributed by atoms with van der Waals surface area (Å²) in [6, 6.07) is 56.5. The molecule has 0 aliphatic carbocycles. The van der Waals surface area contributed by atoms with E-state index in [1.165, 1.54) is 0 Å². The zero-order chi connectivity index (χ0) is 36.2. The number of nitrogens with zero attached hydrogens (tertiary/aromatic N) is 6. The van der Waals surface area contributed by atoms with Crippen molar-refractivity contribution in [3.63, 3.8) is 0 Å². The van der Waals surface area contributed by atoms with Crippen molar-refractivity contribution in [2.75, 3.05) is 0 Å². The van der Waals surface area contributed by atoms with Crippen LogP contribution in [0.15, 0.2) is 162 Å². The van der Waals surface area contributed by atoms with Gasteiger partial charge in [0.05, 0.1) is 34.3 Å². The molecule has 0 aliphatic heterocycles. The maximum Gasteiger partial charge on any atom is 0.164 e. The molecule has 0 aliphatic rings. The molecule has 7 aromatic carbocycles. The molecule has 0 amide bonds. The summed E-state index contributed by atoms with van der Waals surface area (Å²) >= 11 is 0. The Morgan fingerprint density at radius 3 is 1.76 bits per heavy atom. The monoisotopic (exact) mass is 690 g/mol. The van der Waals surface area contributed by atoms with E-state index in [1.54, 1.807) is 6.07 Å². The molecule has 7 heteroatoms. The van der Waals surface area contributed by atoms with Gasteiger partial charge >= 0.3 is 0 Å². The Morgan fingerprint density at radius 2 is 1.06 bits per heavy atom. The van der Waals surface area contributed by atoms with Crippen LogP contribution in [0.4, 0.5) is 0 Å². The highest BCUT2D eigenvalue weighted by atomic mass is 16.3. The van der Waals surface area contributed by atoms with E-state index in [4.69, 9.17) is 19.4 Å². The smallest absolute Gasteiger partial charge is 0.164 e. The Balaban J connectivity index is 1.20. The van der Waals surface area contributed by atoms with Gasteiger partial charge in [-0.15, -0.1) is 0 Å². The fourth-order valence-electron chi connectivity index (χ4n) is 7.52. The van der Waals surface area contributed by atoms with Gasteiger partial charge in [0, 0.05) is 43.9 Å². The fourth-order valence-corrected chi connectivity index (χ4v) is 7.52. The van der Waals surface area contributed by atoms with Gasteiger partial charge in [0.25, 0.3) is 0 Å². The maximum atomic E-state index is 9.78. The minimum atomic E-state index is 0.434. The van der Waals surface area contributed by atoms with Crippen molar-refractivity contribution in [3.05, 3.63) is 169 Å². The number of para-hydroxylation sites is 1. The highest BCUT2D eigenvalue weighted by Crippen LogP contribution is 2.42. The third kappa shape index (κ3) is 5.00. The van der Waals surface area contributed by atoms with Crippen molar-refractivity contribution in [1.29, 1.82) is 10.5 Å². The summed E-state index contributed by atoms with van der Waals surface area (Å²) in [7, 11) is 0. The summed E-state index contributed by atoms with van der Waals surface area (Å²) in [6.07, 6.45) is 0. The highest BCUT2D eigenvalue weighted by molar-refractivity contribution is 6.18. The molecule has 0 N–H and O–H groups in total. The number of benzene rings is 7. The molecular formula is C47H26N6O. The third-order valence-corrected chi connectivity index (χ3v) is 9.88. The van der Waals surface area contributed by atoms with Gasteiger partial charge in [-0.2, -0.15) is 10.5 Å². The zero-order valence-electron chi connectivity index (χ0n) is 28.6. The van der Waals surface area contributed by atoms with Gasteiger partial charge in [0.2, 0.25) is 0 Å². The van der Waals surface area contributed by atoms with Crippen LogP contribution in [0.5, 0.6) is 0 Å². The van der Waals surface area contributed by atoms with Gasteiger partial charge in [-0.25, -0.2) is 15.0 Å². The first-order valence-corrected chi connectivity index (χ1v) is 17.5. The number of hydrogen-bond donors (Lipinski definition) is 0. The average molecular weight is 691 g/mol. The normalized spacial score (nSPS) is 11.3. The highest BCUT2D eigenvalue weighted by Gasteiger charge is 2.20. The zero-order valence-corrected chi connectivity index (χ0v) is 28.6. The van der Waals surface area contributed by atoms with Crippen molar-refractivity contribution in [3.8, 4) is 63.1 Å². The van der Waals surface area contributed by atoms with Crippen LogP contribution < -0.4 is 0 Å². The second-order valence-electron chi connectivity index (χ2n) is 13.1. The summed E-state index contributed by atoms with van der Waals surface area (Å²) in [5.41, 5.74) is 9.80. The molecule has 3 aromatic heterocycles. The topological polar surface area (TPSA) is 104 Å². The van der Waals surface area contributed by atoms with Crippen LogP contribution in [0.1, 0.15) is 11.1 Å². The summed E-state index contributed by atoms with van der Waals surface area (Å²) in [4.78, 5) is 15.0. The SMILES string of the molecule is N#Cc1cc(C#N)cc(-n2c3ccccc3c3c(-c4ccc5oc6cccc(-c7nc(-c8ccccc8)nc(-c8ccccc8)n7)c6c5c4)cccc32)c1. The maximum absolute atomic E-state index is 9.78. The molecule has 10 aromatic rings. The van der Waals surface area contributed by atoms with E-state index < -0.39 is 0 Å². The molecule has 3 heterocycles. The predicted molar refractivity (Wildman–Crippen MR) is 213 cm³/mol. The molecule has 250 valence electrons. The summed E-state index contributed by atoms with van der Waals surface area (Å²) in [5.74, 6) is 1.74. The lowest BCUT2D eigenvalue weighted by Crippen LogP contribution is -2.00. The molecule has 0 unspecified atom stereocenters. The Hall–Kier alpha value is -7.87. The third-order valence-electron chi connectivity index (χ3n) is 9.88. The Bertz CT molecular complexity index is 3090. The molecule has 0 spiro atoms. The molecule has 0 bridgehead atoms. The van der Waals surface area contributed by atoms with Crippen LogP contribution in [0.3, 0.4) is 0 Å². The van der Waals surface area contributed by atoms with Crippen LogP contribution >= 0.6 is 0 Å². The molecule has 0 saturated heterocycles. The van der Waals surface area contributed by atoms with Crippen molar-refractivity contribution < 1.29 is 4.42 Å². The Kier molecular flexibility index (Phi) is 7.11. The Morgan fingerprint density at radius 1 is 0.444 bits per heavy atom. The molecule has 0 atom stereocenters. The number of fused-ring (bicyclic) bond motifs is 6. The first kappa shape index (κ1) is 30.9. The molecular weight excluding hydrogens is 665 g/mol. The summed E-state index contributed by atoms with van der Waals surface area (Å²) < 4.78 is 8.60. The van der Waals surface area contributed by atoms with Gasteiger partial charge < -0.3 is 8.98 Å². The predicted octanol–water partition coefficient (Wildman–Crippen LogP) is 11.3. The second-order valence-corrected chi connectivity index (χ2v) is 13.1. The summed E-state index contributed by atoms with van der Waals surface area (Å²) in [5, 5.41) is 23.6. The van der Waals surface area contributed by atoms with Crippen LogP contribution in [-0.4, -0.2) is 19.5 Å². The molecule has 0 fully saturated rings. The molecule has 7 nitrogen and oxygen atoms in total. The quantitative estimate of drug-likeness (QED) is 0.178. The molecule has 0 radical (unpaired) electrons. The van der Waals surface area contributed by atoms with Crippen molar-refractivity contribution in [1.82, 2.24) is 19.5 Å². The van der Waals surface area contributed by atoms with Gasteiger partial charge in [-0.05, 0) is 59.7 Å². The van der Waals surface area contributed by atoms with Crippen LogP contribution in [0.25, 0.3) is 94.7 Å². The number of aromatic nitrogens is 4. The molecule has 0 saturated carbocycles. The standard InChI is InChI=1S/C47H26N6O/c48-27-29-23-30(28-49)25-34(24-29)53-39-18-8-7-15-36(39)43-35(16-9-19-40(43)53)33-21-22-41-38(26-33)44-37(17-10-20-42(44)54-41)47-51-45(31-11-3-1-4-12-31)50-46(52-47)32-13-5-2-6-14-32/h1-26H. The largest absolute Gasteiger partial charge is 0.456 e. The fraction of sp³-hybridized carbons (Fsp3) is 0. The first-order valence-electron chi connectivity index (χ1n) is 17.5. The minimum absolute atomic E-state index is 0.434. The van der Waals surface area contributed by atoms with Crippen LogP contribution in [0.2, 0.25) is 0 Å². The van der Waals surface area contributed by atoms with E-state index in [-0.39, 0.29) is 0 Å². The van der Waals surface area contributed by atoms with Crippen molar-refractivity contribution in [2.45, 2.75) is 0 Å². The number of rotatable bonds is 5. The van der Waals surface area contributed by atoms with Crippen molar-refractivity contribution >= 4 is 43.7 Å². The number of nitriles is 2. The number of furan rings is 1. The lowest BCUT2D eigenvalue weighted by Gasteiger charge is -2.10. The van der Waals surface area contributed by atoms with Gasteiger partial charge in [-0.3, -0.25) is 0 Å². The molecule has 54 heavy (non-hydrogen) atoms. The van der Waals surface area contributed by atoms with E-state index in [1.807, 2.05) is 109 Å². The van der Waals surface area contributed by atoms with E-state index in [9.17, 15) is 10.5 Å². The summed E-state index contributed by atoms with van der Waals surface area (Å²) in [6.45, 7) is 0. The molecule has 10 rings (SSSR count). The van der Waals surface area contributed by atoms with Crippen LogP contribution in [0, 0.1) is 22.7 Å². The lowest BCUT2D eigenvalue weighted by atomic mass is 9.97. The van der Waals surface area contributed by atoms with Gasteiger partial charge in [0.15, 0.2) is 17.5 Å².